The Labute approximate surface area is 110 Å². The second-order valence-corrected chi connectivity index (χ2v) is 6.42. The first-order valence-electron chi connectivity index (χ1n) is 5.61. The van der Waals surface area contributed by atoms with Crippen LogP contribution in [0.4, 0.5) is 0 Å². The lowest BCUT2D eigenvalue weighted by molar-refractivity contribution is 0.729. The minimum Gasteiger partial charge on any atom is -0.268 e. The van der Waals surface area contributed by atoms with Crippen LogP contribution in [0, 0.1) is 0 Å². The molecule has 1 atom stereocenters. The van der Waals surface area contributed by atoms with Crippen molar-refractivity contribution >= 4 is 33.5 Å². The molecule has 0 saturated heterocycles. The van der Waals surface area contributed by atoms with Crippen LogP contribution in [0.2, 0.25) is 0 Å². The summed E-state index contributed by atoms with van der Waals surface area (Å²) >= 11 is 2.44. The third kappa shape index (κ3) is 1.97. The largest absolute Gasteiger partial charge is 0.268 e. The van der Waals surface area contributed by atoms with Crippen LogP contribution in [0.5, 0.6) is 0 Å². The molecule has 0 aliphatic rings. The van der Waals surface area contributed by atoms with E-state index in [0.717, 1.165) is 0 Å². The van der Waals surface area contributed by atoms with Crippen molar-refractivity contribution in [1.29, 1.82) is 0 Å². The Morgan fingerprint density at radius 1 is 1.25 bits per heavy atom. The molecule has 0 spiro atoms. The van der Waals surface area contributed by atoms with Crippen LogP contribution >= 0.6 is 22.6 Å². The van der Waals surface area contributed by atoms with E-state index in [-0.39, 0.29) is 0 Å². The Morgan fingerprint density at radius 3 is 2.50 bits per heavy atom. The summed E-state index contributed by atoms with van der Waals surface area (Å²) in [4.78, 5) is 0. The van der Waals surface area contributed by atoms with Gasteiger partial charge < -0.3 is 0 Å². The number of hydrogen-bond acceptors (Lipinski definition) is 1. The van der Waals surface area contributed by atoms with Crippen molar-refractivity contribution in [3.05, 3.63) is 29.5 Å². The maximum atomic E-state index is 4.60. The van der Waals surface area contributed by atoms with Gasteiger partial charge in [-0.2, -0.15) is 5.10 Å². The standard InChI is InChI=1S/C13H17IN2/c1-8(2)13-11-6-5-10(9(3)14)7-12(11)16(4)15-13/h5-9H,1-4H3. The van der Waals surface area contributed by atoms with Gasteiger partial charge in [0, 0.05) is 16.4 Å². The predicted molar refractivity (Wildman–Crippen MR) is 77.2 cm³/mol. The SMILES string of the molecule is CC(C)c1nn(C)c2cc(C(C)I)ccc12. The van der Waals surface area contributed by atoms with Gasteiger partial charge in [0.1, 0.15) is 0 Å². The predicted octanol–water partition coefficient (Wildman–Crippen LogP) is 4.19. The number of hydrogen-bond donors (Lipinski definition) is 0. The molecule has 0 saturated carbocycles. The molecule has 2 rings (SSSR count). The quantitative estimate of drug-likeness (QED) is 0.597. The van der Waals surface area contributed by atoms with E-state index in [4.69, 9.17) is 0 Å². The number of nitrogens with zero attached hydrogens (tertiary/aromatic N) is 2. The summed E-state index contributed by atoms with van der Waals surface area (Å²) in [6, 6.07) is 6.68. The summed E-state index contributed by atoms with van der Waals surface area (Å²) in [7, 11) is 2.02. The molecule has 1 unspecified atom stereocenters. The summed E-state index contributed by atoms with van der Waals surface area (Å²) in [5, 5.41) is 5.89. The number of halogens is 1. The van der Waals surface area contributed by atoms with Gasteiger partial charge in [0.25, 0.3) is 0 Å². The van der Waals surface area contributed by atoms with E-state index in [0.29, 0.717) is 9.84 Å². The minimum absolute atomic E-state index is 0.478. The summed E-state index contributed by atoms with van der Waals surface area (Å²) in [6.45, 7) is 6.59. The Kier molecular flexibility index (Phi) is 3.24. The fourth-order valence-corrected chi connectivity index (χ4v) is 2.36. The van der Waals surface area contributed by atoms with Gasteiger partial charge >= 0.3 is 0 Å². The van der Waals surface area contributed by atoms with Crippen LogP contribution in [0.15, 0.2) is 18.2 Å². The van der Waals surface area contributed by atoms with Crippen molar-refractivity contribution in [3.8, 4) is 0 Å². The van der Waals surface area contributed by atoms with E-state index < -0.39 is 0 Å². The molecule has 1 heterocycles. The Morgan fingerprint density at radius 2 is 1.94 bits per heavy atom. The first-order valence-corrected chi connectivity index (χ1v) is 6.86. The van der Waals surface area contributed by atoms with Crippen LogP contribution in [0.1, 0.15) is 41.9 Å². The average Bonchev–Trinajstić information content (AvgIpc) is 2.56. The third-order valence-corrected chi connectivity index (χ3v) is 3.63. The number of aromatic nitrogens is 2. The van der Waals surface area contributed by atoms with E-state index >= 15 is 0 Å². The highest BCUT2D eigenvalue weighted by atomic mass is 127. The van der Waals surface area contributed by atoms with Gasteiger partial charge in [-0.1, -0.05) is 48.6 Å². The lowest BCUT2D eigenvalue weighted by Crippen LogP contribution is -1.93. The van der Waals surface area contributed by atoms with Gasteiger partial charge in [-0.05, 0) is 24.5 Å². The second-order valence-electron chi connectivity index (χ2n) is 4.56. The van der Waals surface area contributed by atoms with Gasteiger partial charge in [0.15, 0.2) is 0 Å². The monoisotopic (exact) mass is 328 g/mol. The molecule has 0 fully saturated rings. The molecule has 1 aromatic heterocycles. The van der Waals surface area contributed by atoms with E-state index in [9.17, 15) is 0 Å². The molecule has 3 heteroatoms. The third-order valence-electron chi connectivity index (χ3n) is 2.91. The summed E-state index contributed by atoms with van der Waals surface area (Å²) in [6.07, 6.45) is 0. The maximum absolute atomic E-state index is 4.60. The van der Waals surface area contributed by atoms with Gasteiger partial charge in [-0.15, -0.1) is 0 Å². The molecule has 0 bridgehead atoms. The van der Waals surface area contributed by atoms with Crippen LogP contribution < -0.4 is 0 Å². The summed E-state index contributed by atoms with van der Waals surface area (Å²) < 4.78 is 2.53. The number of fused-ring (bicyclic) bond motifs is 1. The molecule has 0 amide bonds. The Bertz CT molecular complexity index is 512. The van der Waals surface area contributed by atoms with Crippen molar-refractivity contribution in [2.45, 2.75) is 30.6 Å². The van der Waals surface area contributed by atoms with Crippen molar-refractivity contribution < 1.29 is 0 Å². The molecule has 0 N–H and O–H groups in total. The second kappa shape index (κ2) is 4.35. The highest BCUT2D eigenvalue weighted by Gasteiger charge is 2.12. The molecule has 0 aliphatic heterocycles. The number of aryl methyl sites for hydroxylation is 1. The van der Waals surface area contributed by atoms with Crippen LogP contribution in [-0.2, 0) is 7.05 Å². The molecule has 2 nitrogen and oxygen atoms in total. The van der Waals surface area contributed by atoms with E-state index in [1.807, 2.05) is 11.7 Å². The van der Waals surface area contributed by atoms with Crippen molar-refractivity contribution in [2.24, 2.45) is 7.05 Å². The first kappa shape index (κ1) is 11.9. The fourth-order valence-electron chi connectivity index (χ4n) is 1.98. The van der Waals surface area contributed by atoms with Gasteiger partial charge in [0.05, 0.1) is 11.2 Å². The lowest BCUT2D eigenvalue weighted by Gasteiger charge is -2.04. The zero-order chi connectivity index (χ0) is 11.9. The molecule has 16 heavy (non-hydrogen) atoms. The fraction of sp³-hybridized carbons (Fsp3) is 0.462. The molecular formula is C13H17IN2. The smallest absolute Gasteiger partial charge is 0.0728 e. The molecule has 2 aromatic rings. The average molecular weight is 328 g/mol. The summed E-state index contributed by atoms with van der Waals surface area (Å²) in [5.41, 5.74) is 3.81. The highest BCUT2D eigenvalue weighted by molar-refractivity contribution is 14.1. The topological polar surface area (TPSA) is 17.8 Å². The number of alkyl halides is 1. The summed E-state index contributed by atoms with van der Waals surface area (Å²) in [5.74, 6) is 0.478. The van der Waals surface area contributed by atoms with Gasteiger partial charge in [0.2, 0.25) is 0 Å². The zero-order valence-corrected chi connectivity index (χ0v) is 12.3. The highest BCUT2D eigenvalue weighted by Crippen LogP contribution is 2.29. The minimum atomic E-state index is 0.478. The van der Waals surface area contributed by atoms with Gasteiger partial charge in [-0.25, -0.2) is 0 Å². The Hall–Kier alpha value is -0.580. The number of benzene rings is 1. The van der Waals surface area contributed by atoms with Gasteiger partial charge in [-0.3, -0.25) is 4.68 Å². The van der Waals surface area contributed by atoms with Crippen LogP contribution in [-0.4, -0.2) is 9.78 Å². The molecular weight excluding hydrogens is 311 g/mol. The van der Waals surface area contributed by atoms with Crippen LogP contribution in [0.3, 0.4) is 0 Å². The van der Waals surface area contributed by atoms with Crippen LogP contribution in [0.25, 0.3) is 10.9 Å². The normalized spacial score (nSPS) is 13.6. The molecule has 0 radical (unpaired) electrons. The van der Waals surface area contributed by atoms with E-state index in [2.05, 4.69) is 66.7 Å². The molecule has 86 valence electrons. The zero-order valence-electron chi connectivity index (χ0n) is 10.2. The van der Waals surface area contributed by atoms with Crippen molar-refractivity contribution in [3.63, 3.8) is 0 Å². The van der Waals surface area contributed by atoms with E-state index in [1.165, 1.54) is 22.2 Å². The molecule has 1 aromatic carbocycles. The number of rotatable bonds is 2. The van der Waals surface area contributed by atoms with Crippen molar-refractivity contribution in [2.75, 3.05) is 0 Å². The molecule has 0 aliphatic carbocycles. The maximum Gasteiger partial charge on any atom is 0.0728 e. The first-order chi connectivity index (χ1) is 7.50. The van der Waals surface area contributed by atoms with Crippen molar-refractivity contribution in [1.82, 2.24) is 9.78 Å². The van der Waals surface area contributed by atoms with E-state index in [1.54, 1.807) is 0 Å². The Balaban J connectivity index is 2.67. The lowest BCUT2D eigenvalue weighted by atomic mass is 10.0.